The highest BCUT2D eigenvalue weighted by Crippen LogP contribution is 2.47. The summed E-state index contributed by atoms with van der Waals surface area (Å²) in [6.07, 6.45) is 1.19. The molecule has 0 unspecified atom stereocenters. The Morgan fingerprint density at radius 1 is 1.12 bits per heavy atom. The predicted molar refractivity (Wildman–Crippen MR) is 138 cm³/mol. The van der Waals surface area contributed by atoms with Crippen LogP contribution >= 0.6 is 23.4 Å². The van der Waals surface area contributed by atoms with Crippen LogP contribution in [0.4, 0.5) is 5.82 Å². The van der Waals surface area contributed by atoms with Gasteiger partial charge in [-0.15, -0.1) is 0 Å². The third kappa shape index (κ3) is 4.44. The van der Waals surface area contributed by atoms with Gasteiger partial charge in [0.15, 0.2) is 10.9 Å². The van der Waals surface area contributed by atoms with Crippen molar-refractivity contribution in [3.05, 3.63) is 97.4 Å². The van der Waals surface area contributed by atoms with E-state index in [0.717, 1.165) is 28.8 Å². The van der Waals surface area contributed by atoms with Gasteiger partial charge in [0.25, 0.3) is 5.56 Å². The number of halogens is 1. The molecule has 1 aliphatic carbocycles. The maximum Gasteiger partial charge on any atom is 0.257 e. The van der Waals surface area contributed by atoms with E-state index in [4.69, 9.17) is 16.6 Å². The predicted octanol–water partition coefficient (Wildman–Crippen LogP) is 6.22. The monoisotopic (exact) mass is 491 g/mol. The first-order chi connectivity index (χ1) is 16.2. The van der Waals surface area contributed by atoms with Crippen molar-refractivity contribution < 1.29 is 4.79 Å². The van der Waals surface area contributed by atoms with Gasteiger partial charge in [-0.3, -0.25) is 9.59 Å². The number of thioether (sulfide) groups is 1. The molecule has 0 amide bonds. The molecule has 2 aromatic carbocycles. The van der Waals surface area contributed by atoms with Crippen LogP contribution in [0.5, 0.6) is 0 Å². The van der Waals surface area contributed by atoms with Gasteiger partial charge < -0.3 is 10.3 Å². The normalized spacial score (nSPS) is 18.8. The molecule has 34 heavy (non-hydrogen) atoms. The summed E-state index contributed by atoms with van der Waals surface area (Å²) < 4.78 is 0. The van der Waals surface area contributed by atoms with E-state index < -0.39 is 5.92 Å². The molecule has 1 aromatic heterocycles. The number of aromatic nitrogens is 2. The van der Waals surface area contributed by atoms with E-state index in [-0.39, 0.29) is 16.8 Å². The minimum absolute atomic E-state index is 0.0915. The average Bonchev–Trinajstić information content (AvgIpc) is 2.76. The summed E-state index contributed by atoms with van der Waals surface area (Å²) in [5, 5.41) is 4.59. The number of aryl methyl sites for hydroxylation is 1. The molecule has 5 rings (SSSR count). The Kier molecular flexibility index (Phi) is 5.90. The lowest BCUT2D eigenvalue weighted by Gasteiger charge is -2.38. The fourth-order valence-corrected chi connectivity index (χ4v) is 5.85. The molecule has 0 fully saturated rings. The number of nitrogens with one attached hydrogen (secondary N) is 2. The van der Waals surface area contributed by atoms with Gasteiger partial charge in [0.05, 0.1) is 5.56 Å². The van der Waals surface area contributed by atoms with Crippen molar-refractivity contribution in [3.8, 4) is 0 Å². The summed E-state index contributed by atoms with van der Waals surface area (Å²) in [5.74, 6) is 0.822. The molecule has 5 nitrogen and oxygen atoms in total. The van der Waals surface area contributed by atoms with E-state index in [1.807, 2.05) is 55.5 Å². The fourth-order valence-electron chi connectivity index (χ4n) is 4.83. The van der Waals surface area contributed by atoms with Gasteiger partial charge in [0.1, 0.15) is 5.82 Å². The van der Waals surface area contributed by atoms with E-state index in [0.29, 0.717) is 39.3 Å². The smallest absolute Gasteiger partial charge is 0.257 e. The van der Waals surface area contributed by atoms with Gasteiger partial charge in [-0.05, 0) is 42.0 Å². The molecule has 7 heteroatoms. The minimum Gasteiger partial charge on any atom is -0.343 e. The molecule has 3 aromatic rings. The second-order valence-corrected chi connectivity index (χ2v) is 11.3. The zero-order chi connectivity index (χ0) is 24.0. The number of hydrogen-bond donors (Lipinski definition) is 2. The summed E-state index contributed by atoms with van der Waals surface area (Å²) in [5.41, 5.74) is 4.81. The highest BCUT2D eigenvalue weighted by atomic mass is 35.5. The molecule has 0 bridgehead atoms. The fraction of sp³-hybridized carbons (Fsp3) is 0.296. The Morgan fingerprint density at radius 2 is 1.88 bits per heavy atom. The number of nitrogens with zero attached hydrogens (tertiary/aromatic N) is 1. The number of hydrogen-bond acceptors (Lipinski definition) is 5. The van der Waals surface area contributed by atoms with Gasteiger partial charge in [-0.25, -0.2) is 4.98 Å². The maximum absolute atomic E-state index is 13.4. The SMILES string of the molecule is Cc1ccc([C@@H]2C3=C(CC(C)(C)CC3=O)Nc3nc(SCc4cccc(Cl)c4)[nH]c(=O)c32)cc1. The number of allylic oxidation sites excluding steroid dienone is 2. The molecule has 1 aliphatic heterocycles. The van der Waals surface area contributed by atoms with Crippen molar-refractivity contribution in [1.82, 2.24) is 9.97 Å². The van der Waals surface area contributed by atoms with Crippen LogP contribution in [0.25, 0.3) is 0 Å². The quantitative estimate of drug-likeness (QED) is 0.334. The highest BCUT2D eigenvalue weighted by molar-refractivity contribution is 7.98. The van der Waals surface area contributed by atoms with Crippen molar-refractivity contribution in [3.63, 3.8) is 0 Å². The van der Waals surface area contributed by atoms with E-state index >= 15 is 0 Å². The molecule has 174 valence electrons. The Morgan fingerprint density at radius 3 is 2.62 bits per heavy atom. The number of carbonyl (C=O) groups excluding carboxylic acids is 1. The lowest BCUT2D eigenvalue weighted by Crippen LogP contribution is -2.37. The van der Waals surface area contributed by atoms with Crippen LogP contribution < -0.4 is 10.9 Å². The van der Waals surface area contributed by atoms with Crippen LogP contribution in [0.2, 0.25) is 5.02 Å². The molecule has 2 heterocycles. The van der Waals surface area contributed by atoms with Gasteiger partial charge >= 0.3 is 0 Å². The topological polar surface area (TPSA) is 74.8 Å². The Bertz CT molecular complexity index is 1380. The number of H-pyrrole nitrogens is 1. The molecule has 2 N–H and O–H groups in total. The van der Waals surface area contributed by atoms with E-state index in [2.05, 4.69) is 24.1 Å². The number of Topliss-reactive ketones (excluding diaryl/α,β-unsaturated/α-hetero) is 1. The van der Waals surface area contributed by atoms with Gasteiger partial charge in [-0.1, -0.05) is 79.2 Å². The van der Waals surface area contributed by atoms with Crippen molar-refractivity contribution in [1.29, 1.82) is 0 Å². The number of benzene rings is 2. The molecular formula is C27H26ClN3O2S. The van der Waals surface area contributed by atoms with Crippen molar-refractivity contribution in [2.75, 3.05) is 5.32 Å². The number of ketones is 1. The maximum atomic E-state index is 13.4. The standard InChI is InChI=1S/C27H26ClN3O2S/c1-15-7-9-17(10-8-15)21-22-19(12-27(2,3)13-20(22)32)29-24-23(21)25(33)31-26(30-24)34-14-16-5-4-6-18(28)11-16/h4-11,21H,12-14H2,1-3H3,(H2,29,30,31,33)/t21-/m1/s1. The summed E-state index contributed by atoms with van der Waals surface area (Å²) in [4.78, 5) is 34.5. The van der Waals surface area contributed by atoms with Crippen molar-refractivity contribution >= 4 is 35.0 Å². The lowest BCUT2D eigenvalue weighted by molar-refractivity contribution is -0.118. The highest BCUT2D eigenvalue weighted by Gasteiger charge is 2.42. The lowest BCUT2D eigenvalue weighted by atomic mass is 9.69. The molecule has 2 aliphatic rings. The number of rotatable bonds is 4. The van der Waals surface area contributed by atoms with Gasteiger partial charge in [0.2, 0.25) is 0 Å². The first kappa shape index (κ1) is 22.9. The van der Waals surface area contributed by atoms with E-state index in [9.17, 15) is 9.59 Å². The first-order valence-corrected chi connectivity index (χ1v) is 12.7. The van der Waals surface area contributed by atoms with Crippen molar-refractivity contribution in [2.24, 2.45) is 5.41 Å². The number of aromatic amines is 1. The summed E-state index contributed by atoms with van der Waals surface area (Å²) in [7, 11) is 0. The second-order valence-electron chi connectivity index (χ2n) is 9.85. The summed E-state index contributed by atoms with van der Waals surface area (Å²) in [6, 6.07) is 15.7. The minimum atomic E-state index is -0.432. The van der Waals surface area contributed by atoms with Crippen molar-refractivity contribution in [2.45, 2.75) is 50.4 Å². The largest absolute Gasteiger partial charge is 0.343 e. The molecule has 1 atom stereocenters. The first-order valence-electron chi connectivity index (χ1n) is 11.3. The van der Waals surface area contributed by atoms with E-state index in [1.165, 1.54) is 11.8 Å². The average molecular weight is 492 g/mol. The third-order valence-electron chi connectivity index (χ3n) is 6.38. The van der Waals surface area contributed by atoms with Gasteiger partial charge in [-0.2, -0.15) is 0 Å². The van der Waals surface area contributed by atoms with Crippen LogP contribution in [0.15, 0.2) is 69.8 Å². The zero-order valence-corrected chi connectivity index (χ0v) is 20.9. The van der Waals surface area contributed by atoms with Crippen LogP contribution in [0.1, 0.15) is 54.9 Å². The Balaban J connectivity index is 1.58. The van der Waals surface area contributed by atoms with E-state index in [1.54, 1.807) is 0 Å². The third-order valence-corrected chi connectivity index (χ3v) is 7.55. The van der Waals surface area contributed by atoms with Crippen LogP contribution in [-0.4, -0.2) is 15.8 Å². The van der Waals surface area contributed by atoms with Gasteiger partial charge in [0, 0.05) is 34.4 Å². The number of anilines is 1. The molecule has 0 saturated heterocycles. The molecular weight excluding hydrogens is 466 g/mol. The molecule has 0 spiro atoms. The zero-order valence-electron chi connectivity index (χ0n) is 19.4. The Labute approximate surface area is 208 Å². The van der Waals surface area contributed by atoms with Crippen LogP contribution in [0, 0.1) is 12.3 Å². The Hall–Kier alpha value is -2.83. The number of carbonyl (C=O) groups is 1. The van der Waals surface area contributed by atoms with Crippen LogP contribution in [0.3, 0.4) is 0 Å². The molecule has 0 saturated carbocycles. The second kappa shape index (κ2) is 8.75. The molecule has 0 radical (unpaired) electrons. The van der Waals surface area contributed by atoms with Crippen LogP contribution in [-0.2, 0) is 10.5 Å². The summed E-state index contributed by atoms with van der Waals surface area (Å²) >= 11 is 7.55. The number of fused-ring (bicyclic) bond motifs is 1. The summed E-state index contributed by atoms with van der Waals surface area (Å²) in [6.45, 7) is 6.23.